The number of unbranched alkanes of at least 4 members (excludes halogenated alkanes) is 2. The zero-order valence-corrected chi connectivity index (χ0v) is 23.7. The number of carbonyl (C=O) groups excluding carboxylic acids is 3. The minimum absolute atomic E-state index is 0.00354. The van der Waals surface area contributed by atoms with Crippen molar-refractivity contribution in [3.8, 4) is 0 Å². The molecule has 38 heavy (non-hydrogen) atoms. The second kappa shape index (κ2) is 13.8. The van der Waals surface area contributed by atoms with Crippen molar-refractivity contribution < 1.29 is 33.3 Å². The molecule has 0 aromatic rings. The lowest BCUT2D eigenvalue weighted by atomic mass is 9.68. The molecule has 0 aromatic heterocycles. The van der Waals surface area contributed by atoms with Crippen LogP contribution in [-0.4, -0.2) is 80.8 Å². The zero-order valence-electron chi connectivity index (χ0n) is 23.7. The van der Waals surface area contributed by atoms with Crippen molar-refractivity contribution in [2.45, 2.75) is 109 Å². The van der Waals surface area contributed by atoms with Gasteiger partial charge < -0.3 is 34.9 Å². The summed E-state index contributed by atoms with van der Waals surface area (Å²) in [7, 11) is 1.67. The van der Waals surface area contributed by atoms with Crippen LogP contribution in [0.15, 0.2) is 11.6 Å². The topological polar surface area (TPSA) is 131 Å². The van der Waals surface area contributed by atoms with Crippen LogP contribution in [-0.2, 0) is 28.5 Å². The Kier molecular flexibility index (Phi) is 11.0. The van der Waals surface area contributed by atoms with Crippen LogP contribution in [0, 0.1) is 5.92 Å². The second-order valence-corrected chi connectivity index (χ2v) is 11.1. The van der Waals surface area contributed by atoms with Crippen molar-refractivity contribution in [1.82, 2.24) is 16.0 Å². The average molecular weight is 538 g/mol. The molecule has 1 saturated carbocycles. The molecule has 3 fully saturated rings. The average Bonchev–Trinajstić information content (AvgIpc) is 3.80. The molecule has 3 rings (SSSR count). The first kappa shape index (κ1) is 30.4. The Bertz CT molecular complexity index is 855. The summed E-state index contributed by atoms with van der Waals surface area (Å²) in [5.41, 5.74) is 0.654. The van der Waals surface area contributed by atoms with E-state index in [9.17, 15) is 14.4 Å². The van der Waals surface area contributed by atoms with E-state index in [1.807, 2.05) is 0 Å². The molecule has 2 aliphatic heterocycles. The van der Waals surface area contributed by atoms with Gasteiger partial charge in [-0.2, -0.15) is 0 Å². The number of alkyl carbamates (subject to hydrolysis) is 1. The van der Waals surface area contributed by atoms with Gasteiger partial charge in [0.15, 0.2) is 0 Å². The number of ether oxygens (including phenoxy) is 4. The van der Waals surface area contributed by atoms with E-state index in [2.05, 4.69) is 42.8 Å². The minimum Gasteiger partial charge on any atom is -0.443 e. The van der Waals surface area contributed by atoms with Crippen molar-refractivity contribution in [2.24, 2.45) is 5.92 Å². The maximum absolute atomic E-state index is 12.6. The van der Waals surface area contributed by atoms with Gasteiger partial charge in [0.1, 0.15) is 23.4 Å². The van der Waals surface area contributed by atoms with E-state index in [1.54, 1.807) is 14.0 Å². The molecule has 0 bridgehead atoms. The number of hydrogen-bond acceptors (Lipinski definition) is 7. The summed E-state index contributed by atoms with van der Waals surface area (Å²) < 4.78 is 23.9. The monoisotopic (exact) mass is 537 g/mol. The molecule has 6 atom stereocenters. The number of epoxide rings is 2. The van der Waals surface area contributed by atoms with Crippen LogP contribution in [0.3, 0.4) is 0 Å². The predicted octanol–water partition coefficient (Wildman–Crippen LogP) is 2.99. The largest absolute Gasteiger partial charge is 0.443 e. The van der Waals surface area contributed by atoms with Crippen molar-refractivity contribution in [3.63, 3.8) is 0 Å². The lowest BCUT2D eigenvalue weighted by Crippen LogP contribution is -2.56. The van der Waals surface area contributed by atoms with E-state index in [1.165, 1.54) is 5.57 Å². The number of carbonyl (C=O) groups is 3. The Morgan fingerprint density at radius 3 is 2.37 bits per heavy atom. The summed E-state index contributed by atoms with van der Waals surface area (Å²) in [5.74, 6) is -0.0623. The van der Waals surface area contributed by atoms with Gasteiger partial charge in [-0.25, -0.2) is 4.79 Å². The highest BCUT2D eigenvalue weighted by Crippen LogP contribution is 2.59. The van der Waals surface area contributed by atoms with Gasteiger partial charge >= 0.3 is 6.09 Å². The molecule has 3 aliphatic rings. The number of methoxy groups -OCH3 is 1. The van der Waals surface area contributed by atoms with Gasteiger partial charge in [-0.3, -0.25) is 9.59 Å². The number of nitrogens with one attached hydrogen (secondary N) is 3. The maximum atomic E-state index is 12.6. The standard InChI is InChI=1S/C28H47N3O7/c1-6-22(32)29-16-17-30-23(33)10-8-7-9-15-31-26(34)37-20-13-14-28(18-36-28)25(24(20)35-5)27(4)21(38-27)12-11-19(2)3/h11,20-21,24-25H,6-10,12-18H2,1-5H3,(H,29,32)(H,30,33)(H,31,34)/t20?,21-,24?,25?,27-,28+/m1/s1. The first-order valence-corrected chi connectivity index (χ1v) is 14.1. The van der Waals surface area contributed by atoms with Crippen molar-refractivity contribution in [2.75, 3.05) is 33.4 Å². The Morgan fingerprint density at radius 1 is 1.03 bits per heavy atom. The fraction of sp³-hybridized carbons (Fsp3) is 0.821. The lowest BCUT2D eigenvalue weighted by Gasteiger charge is -2.42. The molecular weight excluding hydrogens is 490 g/mol. The van der Waals surface area contributed by atoms with Crippen LogP contribution in [0.25, 0.3) is 0 Å². The van der Waals surface area contributed by atoms with Gasteiger partial charge in [0.05, 0.1) is 18.6 Å². The first-order chi connectivity index (χ1) is 18.1. The fourth-order valence-corrected chi connectivity index (χ4v) is 5.64. The molecule has 3 unspecified atom stereocenters. The van der Waals surface area contributed by atoms with Crippen LogP contribution in [0.4, 0.5) is 4.79 Å². The molecule has 2 heterocycles. The maximum Gasteiger partial charge on any atom is 0.407 e. The molecular formula is C28H47N3O7. The van der Waals surface area contributed by atoms with Crippen molar-refractivity contribution in [3.05, 3.63) is 11.6 Å². The van der Waals surface area contributed by atoms with E-state index in [4.69, 9.17) is 18.9 Å². The van der Waals surface area contributed by atoms with Gasteiger partial charge in [-0.1, -0.05) is 25.0 Å². The highest BCUT2D eigenvalue weighted by Gasteiger charge is 2.72. The van der Waals surface area contributed by atoms with Gasteiger partial charge in [0.2, 0.25) is 11.8 Å². The third-order valence-corrected chi connectivity index (χ3v) is 7.94. The van der Waals surface area contributed by atoms with Crippen LogP contribution < -0.4 is 16.0 Å². The summed E-state index contributed by atoms with van der Waals surface area (Å²) in [6, 6.07) is 0. The summed E-state index contributed by atoms with van der Waals surface area (Å²) in [4.78, 5) is 35.6. The fourth-order valence-electron chi connectivity index (χ4n) is 5.64. The van der Waals surface area contributed by atoms with Gasteiger partial charge in [-0.15, -0.1) is 0 Å². The Balaban J connectivity index is 1.35. The summed E-state index contributed by atoms with van der Waals surface area (Å²) in [5, 5.41) is 8.35. The molecule has 10 nitrogen and oxygen atoms in total. The zero-order chi connectivity index (χ0) is 27.8. The van der Waals surface area contributed by atoms with Crippen LogP contribution in [0.2, 0.25) is 0 Å². The Hall–Kier alpha value is -2.17. The number of hydrogen-bond donors (Lipinski definition) is 3. The van der Waals surface area contributed by atoms with Crippen LogP contribution >= 0.6 is 0 Å². The number of rotatable bonds is 15. The van der Waals surface area contributed by atoms with Crippen molar-refractivity contribution >= 4 is 17.9 Å². The molecule has 3 amide bonds. The minimum atomic E-state index is -0.446. The normalized spacial score (nSPS) is 31.3. The summed E-state index contributed by atoms with van der Waals surface area (Å²) >= 11 is 0. The van der Waals surface area contributed by atoms with Crippen molar-refractivity contribution in [1.29, 1.82) is 0 Å². The van der Waals surface area contributed by atoms with Gasteiger partial charge in [-0.05, 0) is 52.9 Å². The highest BCUT2D eigenvalue weighted by molar-refractivity contribution is 5.76. The lowest BCUT2D eigenvalue weighted by molar-refractivity contribution is -0.122. The molecule has 0 radical (unpaired) electrons. The smallest absolute Gasteiger partial charge is 0.407 e. The molecule has 216 valence electrons. The molecule has 1 spiro atoms. The summed E-state index contributed by atoms with van der Waals surface area (Å²) in [6.45, 7) is 10.1. The molecule has 3 N–H and O–H groups in total. The molecule has 2 saturated heterocycles. The molecule has 0 aromatic carbocycles. The quantitative estimate of drug-likeness (QED) is 0.166. The van der Waals surface area contributed by atoms with E-state index in [-0.39, 0.29) is 47.2 Å². The van der Waals surface area contributed by atoms with E-state index in [0.29, 0.717) is 45.5 Å². The first-order valence-electron chi connectivity index (χ1n) is 14.1. The SMILES string of the molecule is CCC(=O)NCCNC(=O)CCCCCNC(=O)OC1CC[C@]2(CO2)C([C@]2(C)O[C@@H]2CC=C(C)C)C1OC. The summed E-state index contributed by atoms with van der Waals surface area (Å²) in [6.07, 6.45) is 6.71. The van der Waals surface area contributed by atoms with E-state index >= 15 is 0 Å². The van der Waals surface area contributed by atoms with E-state index in [0.717, 1.165) is 32.1 Å². The highest BCUT2D eigenvalue weighted by atomic mass is 16.6. The van der Waals surface area contributed by atoms with Crippen LogP contribution in [0.5, 0.6) is 0 Å². The van der Waals surface area contributed by atoms with E-state index < -0.39 is 6.09 Å². The third-order valence-electron chi connectivity index (χ3n) is 7.94. The number of allylic oxidation sites excluding steroid dienone is 1. The van der Waals surface area contributed by atoms with Gasteiger partial charge in [0, 0.05) is 39.6 Å². The predicted molar refractivity (Wildman–Crippen MR) is 143 cm³/mol. The second-order valence-electron chi connectivity index (χ2n) is 11.1. The third kappa shape index (κ3) is 8.16. The molecule has 10 heteroatoms. The van der Waals surface area contributed by atoms with Crippen LogP contribution in [0.1, 0.15) is 79.1 Å². The Labute approximate surface area is 226 Å². The van der Waals surface area contributed by atoms with Gasteiger partial charge in [0.25, 0.3) is 0 Å². The molecule has 1 aliphatic carbocycles. The Morgan fingerprint density at radius 2 is 1.74 bits per heavy atom. The number of amides is 3.